The third-order valence-corrected chi connectivity index (χ3v) is 2.13. The largest absolute Gasteiger partial charge is 0.510 e. The molecule has 0 spiro atoms. The number of aliphatic hydroxyl groups excluding tert-OH is 1. The molecule has 1 aliphatic carbocycles. The van der Waals surface area contributed by atoms with Crippen molar-refractivity contribution < 1.29 is 5.11 Å². The zero-order valence-corrected chi connectivity index (χ0v) is 6.38. The Morgan fingerprint density at radius 2 is 2.27 bits per heavy atom. The van der Waals surface area contributed by atoms with Crippen molar-refractivity contribution in [2.75, 3.05) is 0 Å². The van der Waals surface area contributed by atoms with E-state index in [1.165, 1.54) is 5.57 Å². The highest BCUT2D eigenvalue weighted by molar-refractivity contribution is 5.66. The van der Waals surface area contributed by atoms with E-state index < -0.39 is 0 Å². The number of hydrogen-bond donors (Lipinski definition) is 1. The van der Waals surface area contributed by atoms with Gasteiger partial charge in [-0.05, 0) is 18.4 Å². The first-order valence-electron chi connectivity index (χ1n) is 4.02. The number of aliphatic hydroxyl groups is 1. The molecule has 0 aromatic carbocycles. The third-order valence-electron chi connectivity index (χ3n) is 2.13. The molecule has 0 amide bonds. The van der Waals surface area contributed by atoms with Crippen LogP contribution in [0.3, 0.4) is 0 Å². The van der Waals surface area contributed by atoms with Gasteiger partial charge in [-0.2, -0.15) is 0 Å². The van der Waals surface area contributed by atoms with E-state index in [4.69, 9.17) is 0 Å². The highest BCUT2D eigenvalue weighted by Gasteiger charge is 2.16. The fraction of sp³-hybridized carbons (Fsp3) is 0.444. The molecule has 58 valence electrons. The van der Waals surface area contributed by atoms with Crippen LogP contribution < -0.4 is 0 Å². The van der Waals surface area contributed by atoms with E-state index in [2.05, 4.69) is 11.1 Å². The first-order valence-corrected chi connectivity index (χ1v) is 4.02. The molecule has 0 fully saturated rings. The van der Waals surface area contributed by atoms with Crippen molar-refractivity contribution in [3.05, 3.63) is 23.1 Å². The van der Waals surface area contributed by atoms with Gasteiger partial charge >= 0.3 is 0 Å². The summed E-state index contributed by atoms with van der Waals surface area (Å²) in [4.78, 5) is 4.17. The molecular weight excluding hydrogens is 138 g/mol. The smallest absolute Gasteiger partial charge is 0.118 e. The van der Waals surface area contributed by atoms with Crippen LogP contribution in [0.2, 0.25) is 0 Å². The first kappa shape index (κ1) is 6.65. The maximum atomic E-state index is 9.43. The molecule has 0 atom stereocenters. The summed E-state index contributed by atoms with van der Waals surface area (Å²) >= 11 is 0. The van der Waals surface area contributed by atoms with Gasteiger partial charge in [0.2, 0.25) is 0 Å². The summed E-state index contributed by atoms with van der Waals surface area (Å²) < 4.78 is 0. The quantitative estimate of drug-likeness (QED) is 0.563. The lowest BCUT2D eigenvalue weighted by atomic mass is 9.95. The van der Waals surface area contributed by atoms with Crippen LogP contribution in [-0.4, -0.2) is 11.3 Å². The molecule has 0 bridgehead atoms. The van der Waals surface area contributed by atoms with Gasteiger partial charge in [0.15, 0.2) is 0 Å². The van der Waals surface area contributed by atoms with Gasteiger partial charge in [0.25, 0.3) is 0 Å². The van der Waals surface area contributed by atoms with E-state index in [0.29, 0.717) is 5.76 Å². The zero-order valence-electron chi connectivity index (χ0n) is 6.38. The highest BCUT2D eigenvalue weighted by atomic mass is 16.3. The number of allylic oxidation sites excluding steroid dienone is 3. The van der Waals surface area contributed by atoms with Gasteiger partial charge in [0.1, 0.15) is 11.5 Å². The summed E-state index contributed by atoms with van der Waals surface area (Å²) in [5.41, 5.74) is 2.07. The Hall–Kier alpha value is -1.05. The first-order chi connectivity index (χ1) is 5.38. The molecule has 0 radical (unpaired) electrons. The Labute approximate surface area is 66.0 Å². The zero-order chi connectivity index (χ0) is 7.68. The molecule has 2 rings (SSSR count). The summed E-state index contributed by atoms with van der Waals surface area (Å²) in [7, 11) is 0. The Morgan fingerprint density at radius 3 is 3.09 bits per heavy atom. The molecule has 11 heavy (non-hydrogen) atoms. The fourth-order valence-electron chi connectivity index (χ4n) is 1.56. The van der Waals surface area contributed by atoms with Gasteiger partial charge in [-0.3, -0.25) is 4.99 Å². The Morgan fingerprint density at radius 1 is 1.36 bits per heavy atom. The molecule has 1 heterocycles. The molecule has 1 N–H and O–H groups in total. The van der Waals surface area contributed by atoms with Gasteiger partial charge in [-0.15, -0.1) is 0 Å². The van der Waals surface area contributed by atoms with Crippen LogP contribution in [0.1, 0.15) is 25.7 Å². The lowest BCUT2D eigenvalue weighted by Crippen LogP contribution is -2.04. The van der Waals surface area contributed by atoms with Crippen molar-refractivity contribution in [1.29, 1.82) is 0 Å². The average molecular weight is 149 g/mol. The van der Waals surface area contributed by atoms with E-state index in [-0.39, 0.29) is 0 Å². The van der Waals surface area contributed by atoms with E-state index >= 15 is 0 Å². The van der Waals surface area contributed by atoms with E-state index in [0.717, 1.165) is 31.4 Å². The SMILES string of the molecule is OC1=C2N=CCC=C2CCC1. The molecule has 2 nitrogen and oxygen atoms in total. The van der Waals surface area contributed by atoms with Crippen LogP contribution in [0.4, 0.5) is 0 Å². The van der Waals surface area contributed by atoms with Gasteiger partial charge < -0.3 is 5.11 Å². The van der Waals surface area contributed by atoms with E-state index in [9.17, 15) is 5.11 Å². The van der Waals surface area contributed by atoms with Crippen LogP contribution in [0.25, 0.3) is 0 Å². The number of aliphatic imine (C=N–C) groups is 1. The van der Waals surface area contributed by atoms with Crippen LogP contribution in [0, 0.1) is 0 Å². The van der Waals surface area contributed by atoms with Crippen molar-refractivity contribution in [2.24, 2.45) is 4.99 Å². The molecule has 1 aliphatic heterocycles. The van der Waals surface area contributed by atoms with Crippen LogP contribution in [0.5, 0.6) is 0 Å². The number of dihydropyridines is 1. The number of nitrogens with zero attached hydrogens (tertiary/aromatic N) is 1. The van der Waals surface area contributed by atoms with Gasteiger partial charge in [-0.1, -0.05) is 6.08 Å². The molecule has 0 aromatic rings. The molecular formula is C9H11NO. The van der Waals surface area contributed by atoms with Crippen molar-refractivity contribution in [3.63, 3.8) is 0 Å². The monoisotopic (exact) mass is 149 g/mol. The van der Waals surface area contributed by atoms with Crippen molar-refractivity contribution in [3.8, 4) is 0 Å². The molecule has 0 unspecified atom stereocenters. The summed E-state index contributed by atoms with van der Waals surface area (Å²) in [5, 5.41) is 9.43. The third kappa shape index (κ3) is 1.09. The minimum atomic E-state index is 0.471. The van der Waals surface area contributed by atoms with Gasteiger partial charge in [0.05, 0.1) is 0 Å². The van der Waals surface area contributed by atoms with Crippen molar-refractivity contribution in [2.45, 2.75) is 25.7 Å². The molecule has 0 aromatic heterocycles. The lowest BCUT2D eigenvalue weighted by molar-refractivity contribution is 0.369. The average Bonchev–Trinajstić information content (AvgIpc) is 2.06. The lowest BCUT2D eigenvalue weighted by Gasteiger charge is -2.18. The number of hydrogen-bond acceptors (Lipinski definition) is 2. The number of rotatable bonds is 0. The topological polar surface area (TPSA) is 32.6 Å². The van der Waals surface area contributed by atoms with Crippen molar-refractivity contribution >= 4 is 6.21 Å². The predicted octanol–water partition coefficient (Wildman–Crippen LogP) is 2.34. The summed E-state index contributed by atoms with van der Waals surface area (Å²) in [6, 6.07) is 0. The molecule has 0 saturated heterocycles. The second kappa shape index (κ2) is 2.53. The second-order valence-electron chi connectivity index (χ2n) is 2.93. The maximum Gasteiger partial charge on any atom is 0.118 e. The standard InChI is InChI=1S/C9H11NO/c11-8-5-1-3-7-4-2-6-10-9(7)8/h4,6,11H,1-3,5H2. The van der Waals surface area contributed by atoms with E-state index in [1.807, 2.05) is 6.21 Å². The molecule has 0 saturated carbocycles. The van der Waals surface area contributed by atoms with Crippen LogP contribution in [-0.2, 0) is 0 Å². The normalized spacial score (nSPS) is 23.1. The summed E-state index contributed by atoms with van der Waals surface area (Å²) in [6.45, 7) is 0. The fourth-order valence-corrected chi connectivity index (χ4v) is 1.56. The molecule has 2 heteroatoms. The van der Waals surface area contributed by atoms with Crippen LogP contribution in [0.15, 0.2) is 28.1 Å². The summed E-state index contributed by atoms with van der Waals surface area (Å²) in [6.07, 6.45) is 7.86. The number of fused-ring (bicyclic) bond motifs is 1. The van der Waals surface area contributed by atoms with Crippen molar-refractivity contribution in [1.82, 2.24) is 0 Å². The maximum absolute atomic E-state index is 9.43. The Bertz CT molecular complexity index is 261. The van der Waals surface area contributed by atoms with Crippen LogP contribution >= 0.6 is 0 Å². The minimum absolute atomic E-state index is 0.471. The Kier molecular flexibility index (Phi) is 1.53. The van der Waals surface area contributed by atoms with E-state index in [1.54, 1.807) is 0 Å². The predicted molar refractivity (Wildman–Crippen MR) is 44.7 cm³/mol. The second-order valence-corrected chi connectivity index (χ2v) is 2.93. The molecule has 2 aliphatic rings. The highest BCUT2D eigenvalue weighted by Crippen LogP contribution is 2.30. The Balaban J connectivity index is 2.41. The summed E-state index contributed by atoms with van der Waals surface area (Å²) in [5.74, 6) is 0.471. The van der Waals surface area contributed by atoms with Gasteiger partial charge in [-0.25, -0.2) is 0 Å². The van der Waals surface area contributed by atoms with Gasteiger partial charge in [0, 0.05) is 19.1 Å². The minimum Gasteiger partial charge on any atom is -0.510 e.